The Hall–Kier alpha value is -5.32. The quantitative estimate of drug-likeness (QED) is 0.0663. The zero-order chi connectivity index (χ0) is 55.5. The normalized spacial score (nSPS) is 21.9. The molecule has 4 aliphatic rings. The van der Waals surface area contributed by atoms with Gasteiger partial charge in [-0.2, -0.15) is 0 Å². The molecule has 7 unspecified atom stereocenters. The average molecular weight is 1070 g/mol. The Labute approximate surface area is 448 Å². The van der Waals surface area contributed by atoms with E-state index in [1.165, 1.54) is 26.4 Å². The van der Waals surface area contributed by atoms with E-state index < -0.39 is 60.2 Å². The summed E-state index contributed by atoms with van der Waals surface area (Å²) in [5.41, 5.74) is 0.764. The highest BCUT2D eigenvalue weighted by Gasteiger charge is 2.52. The van der Waals surface area contributed by atoms with Gasteiger partial charge in [-0.3, -0.25) is 38.5 Å². The molecule has 2 saturated heterocycles. The number of carbonyl (C=O) groups is 8. The first-order valence-electron chi connectivity index (χ1n) is 27.1. The molecule has 3 N–H and O–H groups in total. The Bertz CT molecular complexity index is 2110. The summed E-state index contributed by atoms with van der Waals surface area (Å²) in [5, 5.41) is 15.7. The van der Waals surface area contributed by atoms with E-state index in [1.807, 2.05) is 33.8 Å². The Balaban J connectivity index is 1.10. The summed E-state index contributed by atoms with van der Waals surface area (Å²) >= 11 is 0. The monoisotopic (exact) mass is 1070 g/mol. The molecule has 1 aliphatic carbocycles. The number of nitrogens with one attached hydrogen (secondary N) is 2. The van der Waals surface area contributed by atoms with Gasteiger partial charge in [-0.1, -0.05) is 71.4 Å². The second-order valence-electron chi connectivity index (χ2n) is 20.7. The fraction of sp³-hybridized carbons (Fsp3) is 0.709. The van der Waals surface area contributed by atoms with Crippen LogP contribution in [0.5, 0.6) is 0 Å². The predicted molar refractivity (Wildman–Crippen MR) is 278 cm³/mol. The van der Waals surface area contributed by atoms with E-state index in [-0.39, 0.29) is 105 Å². The molecule has 2 bridgehead atoms. The Morgan fingerprint density at radius 2 is 1.41 bits per heavy atom. The molecule has 76 heavy (non-hydrogen) atoms. The Morgan fingerprint density at radius 3 is 1.99 bits per heavy atom. The summed E-state index contributed by atoms with van der Waals surface area (Å²) in [4.78, 5) is 112. The second-order valence-corrected chi connectivity index (χ2v) is 20.7. The number of aliphatic carboxylic acids is 1. The van der Waals surface area contributed by atoms with Gasteiger partial charge in [-0.25, -0.2) is 4.79 Å². The maximum atomic E-state index is 14.7. The number of nitrogens with zero attached hydrogens (tertiary/aromatic N) is 4. The third-order valence-electron chi connectivity index (χ3n) is 15.5. The molecule has 424 valence electrons. The van der Waals surface area contributed by atoms with Crippen molar-refractivity contribution in [2.45, 2.75) is 141 Å². The molecule has 0 spiro atoms. The van der Waals surface area contributed by atoms with Crippen molar-refractivity contribution in [1.82, 2.24) is 30.2 Å². The van der Waals surface area contributed by atoms with Crippen molar-refractivity contribution in [2.75, 3.05) is 87.2 Å². The van der Waals surface area contributed by atoms with Gasteiger partial charge in [-0.15, -0.1) is 0 Å². The topological polar surface area (TPSA) is 249 Å². The number of hydrogen-bond donors (Lipinski definition) is 3. The van der Waals surface area contributed by atoms with E-state index in [9.17, 15) is 43.5 Å². The van der Waals surface area contributed by atoms with Crippen molar-refractivity contribution >= 4 is 47.3 Å². The van der Waals surface area contributed by atoms with Gasteiger partial charge in [0.25, 0.3) is 11.8 Å². The number of rotatable bonds is 34. The number of imide groups is 1. The molecule has 1 saturated carbocycles. The van der Waals surface area contributed by atoms with E-state index in [0.29, 0.717) is 65.3 Å². The first-order valence-corrected chi connectivity index (χ1v) is 27.1. The van der Waals surface area contributed by atoms with Gasteiger partial charge in [0.1, 0.15) is 18.1 Å². The van der Waals surface area contributed by atoms with Crippen LogP contribution < -0.4 is 10.6 Å². The number of carboxylic acid groups (broad SMARTS) is 1. The Morgan fingerprint density at radius 1 is 0.789 bits per heavy atom. The minimum atomic E-state index is -1.16. The van der Waals surface area contributed by atoms with Crippen molar-refractivity contribution in [3.8, 4) is 0 Å². The molecule has 3 fully saturated rings. The number of benzene rings is 1. The van der Waals surface area contributed by atoms with Crippen molar-refractivity contribution in [3.63, 3.8) is 0 Å². The van der Waals surface area contributed by atoms with Crippen LogP contribution >= 0.6 is 0 Å². The van der Waals surface area contributed by atoms with E-state index in [4.69, 9.17) is 28.4 Å². The first kappa shape index (κ1) is 61.5. The van der Waals surface area contributed by atoms with Crippen molar-refractivity contribution < 1.29 is 71.9 Å². The molecule has 0 radical (unpaired) electrons. The number of likely N-dealkylation sites (N-methyl/N-ethyl adjacent to an activating group) is 1. The number of piperidine rings is 1. The van der Waals surface area contributed by atoms with Crippen LogP contribution in [0.4, 0.5) is 0 Å². The maximum Gasteiger partial charge on any atom is 0.326 e. The SMILES string of the molecule is CCC(C)C(C(CC(=O)N1CCC[C@H]1C(OC)C(C)C(=O)NC(Cc1ccccc1)C(=O)O)OC)N(C)C(=O)C(NC(=O)[C@@H]1[C@H]2CC[C@H](C2)N1C(=O)CCOCCOCCOCCOCCN1C(=O)C=CC1=O)C(C)C. The van der Waals surface area contributed by atoms with Crippen LogP contribution in [-0.2, 0) is 73.2 Å². The molecule has 21 heteroatoms. The number of hydrogen-bond acceptors (Lipinski definition) is 14. The molecule has 5 rings (SSSR count). The number of fused-ring (bicyclic) bond motifs is 2. The summed E-state index contributed by atoms with van der Waals surface area (Å²) in [5.74, 6) is -4.78. The molecular weight excluding hydrogens is 985 g/mol. The van der Waals surface area contributed by atoms with E-state index in [2.05, 4.69) is 10.6 Å². The molecule has 11 atom stereocenters. The maximum absolute atomic E-state index is 14.7. The minimum absolute atomic E-state index is 0.0379. The lowest BCUT2D eigenvalue weighted by Crippen LogP contribution is -2.60. The number of likely N-dealkylation sites (tertiary alicyclic amines) is 2. The Kier molecular flexibility index (Phi) is 24.8. The van der Waals surface area contributed by atoms with E-state index in [1.54, 1.807) is 52.9 Å². The molecule has 1 aromatic rings. The standard InChI is InChI=1S/C55H84N6O15/c1-9-36(4)49(43(71-7)34-47(65)59-22-13-16-42(59)51(72-8)37(5)52(66)56-41(55(69)70)32-38-14-11-10-12-15-38)58(6)54(68)48(35(2)3)57-53(67)50-39-17-18-40(33-39)61(50)46(64)21-24-73-26-28-75-30-31-76-29-27-74-25-23-60-44(62)19-20-45(60)63/h10-12,14-15,19-20,35-37,39-43,48-51H,9,13,16-18,21-34H2,1-8H3,(H,56,66)(H,57,67)(H,69,70)/t36?,37?,39-,40+,41?,42-,43?,48?,49?,50-,51?/m0/s1. The third-order valence-corrected chi connectivity index (χ3v) is 15.5. The van der Waals surface area contributed by atoms with Crippen LogP contribution in [0.15, 0.2) is 42.5 Å². The van der Waals surface area contributed by atoms with Gasteiger partial charge in [-0.05, 0) is 55.4 Å². The molecule has 3 heterocycles. The number of carboxylic acids is 1. The molecule has 21 nitrogen and oxygen atoms in total. The molecule has 3 aliphatic heterocycles. The van der Waals surface area contributed by atoms with Crippen LogP contribution in [0.1, 0.15) is 91.5 Å². The van der Waals surface area contributed by atoms with Crippen molar-refractivity contribution in [3.05, 3.63) is 48.0 Å². The zero-order valence-corrected chi connectivity index (χ0v) is 45.9. The number of carbonyl (C=O) groups excluding carboxylic acids is 7. The van der Waals surface area contributed by atoms with Gasteiger partial charge >= 0.3 is 5.97 Å². The first-order chi connectivity index (χ1) is 36.4. The number of methoxy groups -OCH3 is 2. The molecule has 0 aromatic heterocycles. The summed E-state index contributed by atoms with van der Waals surface area (Å²) in [6, 6.07) is 5.09. The summed E-state index contributed by atoms with van der Waals surface area (Å²) < 4.78 is 34.2. The van der Waals surface area contributed by atoms with Crippen molar-refractivity contribution in [2.24, 2.45) is 23.7 Å². The predicted octanol–water partition coefficient (Wildman–Crippen LogP) is 2.62. The summed E-state index contributed by atoms with van der Waals surface area (Å²) in [6.45, 7) is 12.2. The van der Waals surface area contributed by atoms with Crippen LogP contribution in [0.2, 0.25) is 0 Å². The summed E-state index contributed by atoms with van der Waals surface area (Å²) in [7, 11) is 4.67. The zero-order valence-electron chi connectivity index (χ0n) is 45.9. The highest BCUT2D eigenvalue weighted by atomic mass is 16.6. The smallest absolute Gasteiger partial charge is 0.326 e. The van der Waals surface area contributed by atoms with Gasteiger partial charge < -0.3 is 58.9 Å². The fourth-order valence-corrected chi connectivity index (χ4v) is 11.2. The largest absolute Gasteiger partial charge is 0.480 e. The second kappa shape index (κ2) is 30.6. The highest BCUT2D eigenvalue weighted by Crippen LogP contribution is 2.43. The van der Waals surface area contributed by atoms with Crippen LogP contribution in [-0.4, -0.2) is 208 Å². The van der Waals surface area contributed by atoms with Crippen molar-refractivity contribution in [1.29, 1.82) is 0 Å². The van der Waals surface area contributed by atoms with Gasteiger partial charge in [0.05, 0.1) is 102 Å². The van der Waals surface area contributed by atoms with Gasteiger partial charge in [0.15, 0.2) is 0 Å². The third kappa shape index (κ3) is 16.6. The molecule has 7 amide bonds. The fourth-order valence-electron chi connectivity index (χ4n) is 11.2. The van der Waals surface area contributed by atoms with E-state index >= 15 is 0 Å². The van der Waals surface area contributed by atoms with Crippen LogP contribution in [0, 0.1) is 23.7 Å². The molecular formula is C55H84N6O15. The average Bonchev–Trinajstić information content (AvgIpc) is 4.23. The van der Waals surface area contributed by atoms with Crippen LogP contribution in [0.3, 0.4) is 0 Å². The highest BCUT2D eigenvalue weighted by molar-refractivity contribution is 6.12. The summed E-state index contributed by atoms with van der Waals surface area (Å²) in [6.07, 6.45) is 5.29. The lowest BCUT2D eigenvalue weighted by Gasteiger charge is -2.41. The number of amides is 7. The lowest BCUT2D eigenvalue weighted by atomic mass is 9.89. The van der Waals surface area contributed by atoms with Crippen LogP contribution in [0.25, 0.3) is 0 Å². The minimum Gasteiger partial charge on any atom is -0.480 e. The molecule has 1 aromatic carbocycles. The number of ether oxygens (including phenoxy) is 6. The van der Waals surface area contributed by atoms with E-state index in [0.717, 1.165) is 23.3 Å². The lowest BCUT2D eigenvalue weighted by molar-refractivity contribution is -0.149. The van der Waals surface area contributed by atoms with Gasteiger partial charge in [0.2, 0.25) is 29.5 Å². The van der Waals surface area contributed by atoms with Gasteiger partial charge in [0, 0.05) is 52.4 Å².